The minimum absolute atomic E-state index is 0.0384. The normalized spacial score (nSPS) is 17.3. The zero-order valence-corrected chi connectivity index (χ0v) is 20.7. The average molecular weight is 507 g/mol. The van der Waals surface area contributed by atoms with Crippen LogP contribution in [0.1, 0.15) is 29.8 Å². The van der Waals surface area contributed by atoms with E-state index in [9.17, 15) is 14.7 Å². The van der Waals surface area contributed by atoms with Crippen molar-refractivity contribution in [3.63, 3.8) is 0 Å². The number of carbonyl (C=O) groups is 2. The molecule has 1 saturated heterocycles. The number of aromatic nitrogens is 1. The molecule has 0 radical (unpaired) electrons. The van der Waals surface area contributed by atoms with E-state index in [1.807, 2.05) is 36.6 Å². The second-order valence-electron chi connectivity index (χ2n) is 7.89. The first-order chi connectivity index (χ1) is 17.0. The van der Waals surface area contributed by atoms with E-state index in [2.05, 4.69) is 4.98 Å². The van der Waals surface area contributed by atoms with Crippen LogP contribution in [0.5, 0.6) is 11.5 Å². The third kappa shape index (κ3) is 4.17. The van der Waals surface area contributed by atoms with Crippen LogP contribution in [-0.4, -0.2) is 35.5 Å². The summed E-state index contributed by atoms with van der Waals surface area (Å²) in [4.78, 5) is 33.3. The molecule has 4 aromatic rings. The zero-order valence-electron chi connectivity index (χ0n) is 19.1. The summed E-state index contributed by atoms with van der Waals surface area (Å²) in [6.45, 7) is 2.61. The number of fused-ring (bicyclic) bond motifs is 1. The predicted octanol–water partition coefficient (Wildman–Crippen LogP) is 5.78. The van der Waals surface area contributed by atoms with Crippen LogP contribution in [0.3, 0.4) is 0 Å². The SMILES string of the molecule is CCCOc1ccc(C(O)=C2C(=O)C(=O)N(c3nc4ccc(OC)cc4s3)C2c2cccs2)cc1. The van der Waals surface area contributed by atoms with Gasteiger partial charge in [0.05, 0.1) is 29.5 Å². The Kier molecular flexibility index (Phi) is 6.27. The van der Waals surface area contributed by atoms with E-state index < -0.39 is 17.7 Å². The van der Waals surface area contributed by atoms with Gasteiger partial charge >= 0.3 is 5.91 Å². The van der Waals surface area contributed by atoms with Gasteiger partial charge in [-0.2, -0.15) is 0 Å². The van der Waals surface area contributed by atoms with Crippen molar-refractivity contribution in [1.82, 2.24) is 4.98 Å². The summed E-state index contributed by atoms with van der Waals surface area (Å²) in [5, 5.41) is 13.5. The molecule has 2 aromatic carbocycles. The number of methoxy groups -OCH3 is 1. The molecule has 2 aromatic heterocycles. The van der Waals surface area contributed by atoms with Gasteiger partial charge in [0.15, 0.2) is 5.13 Å². The van der Waals surface area contributed by atoms with E-state index >= 15 is 0 Å². The van der Waals surface area contributed by atoms with Crippen molar-refractivity contribution in [2.45, 2.75) is 19.4 Å². The molecule has 3 heterocycles. The first kappa shape index (κ1) is 23.1. The van der Waals surface area contributed by atoms with E-state index in [1.165, 1.54) is 27.6 Å². The number of ether oxygens (including phenoxy) is 2. The minimum Gasteiger partial charge on any atom is -0.507 e. The first-order valence-corrected chi connectivity index (χ1v) is 12.7. The van der Waals surface area contributed by atoms with E-state index in [1.54, 1.807) is 37.4 Å². The number of Topliss-reactive ketones (excluding diaryl/α,β-unsaturated/α-hetero) is 1. The fourth-order valence-corrected chi connectivity index (χ4v) is 5.80. The van der Waals surface area contributed by atoms with Crippen LogP contribution in [-0.2, 0) is 9.59 Å². The third-order valence-corrected chi connectivity index (χ3v) is 7.59. The number of hydrogen-bond donors (Lipinski definition) is 1. The number of amides is 1. The fourth-order valence-electron chi connectivity index (χ4n) is 3.95. The number of thiophene rings is 1. The van der Waals surface area contributed by atoms with Crippen molar-refractivity contribution >= 4 is 55.5 Å². The molecular weight excluding hydrogens is 484 g/mol. The molecule has 1 aliphatic heterocycles. The van der Waals surface area contributed by atoms with Crippen molar-refractivity contribution in [2.75, 3.05) is 18.6 Å². The number of aliphatic hydroxyl groups excluding tert-OH is 1. The predicted molar refractivity (Wildman–Crippen MR) is 138 cm³/mol. The van der Waals surface area contributed by atoms with E-state index in [0.717, 1.165) is 16.0 Å². The van der Waals surface area contributed by atoms with Gasteiger partial charge in [-0.1, -0.05) is 24.3 Å². The molecule has 7 nitrogen and oxygen atoms in total. The number of anilines is 1. The van der Waals surface area contributed by atoms with Crippen molar-refractivity contribution in [2.24, 2.45) is 0 Å². The van der Waals surface area contributed by atoms with Crippen molar-refractivity contribution < 1.29 is 24.2 Å². The van der Waals surface area contributed by atoms with Crippen molar-refractivity contribution in [1.29, 1.82) is 0 Å². The fraction of sp³-hybridized carbons (Fsp3) is 0.192. The number of thiazole rings is 1. The van der Waals surface area contributed by atoms with E-state index in [4.69, 9.17) is 9.47 Å². The number of aliphatic hydroxyl groups is 1. The van der Waals surface area contributed by atoms with Gasteiger partial charge in [0.25, 0.3) is 5.78 Å². The van der Waals surface area contributed by atoms with Gasteiger partial charge in [-0.3, -0.25) is 14.5 Å². The molecule has 35 heavy (non-hydrogen) atoms. The lowest BCUT2D eigenvalue weighted by Gasteiger charge is -2.21. The summed E-state index contributed by atoms with van der Waals surface area (Å²) in [6.07, 6.45) is 0.880. The van der Waals surface area contributed by atoms with Gasteiger partial charge in [-0.05, 0) is 60.3 Å². The summed E-state index contributed by atoms with van der Waals surface area (Å²) in [5.74, 6) is -0.350. The highest BCUT2D eigenvalue weighted by atomic mass is 32.1. The van der Waals surface area contributed by atoms with Crippen LogP contribution in [0.25, 0.3) is 16.0 Å². The maximum atomic E-state index is 13.3. The van der Waals surface area contributed by atoms with E-state index in [0.29, 0.717) is 34.3 Å². The quantitative estimate of drug-likeness (QED) is 0.194. The molecule has 1 unspecified atom stereocenters. The molecule has 1 amide bonds. The lowest BCUT2D eigenvalue weighted by molar-refractivity contribution is -0.132. The summed E-state index contributed by atoms with van der Waals surface area (Å²) < 4.78 is 11.7. The Balaban J connectivity index is 1.61. The Morgan fingerprint density at radius 3 is 2.57 bits per heavy atom. The van der Waals surface area contributed by atoms with Crippen LogP contribution < -0.4 is 14.4 Å². The van der Waals surface area contributed by atoms with Crippen molar-refractivity contribution in [3.05, 3.63) is 76.0 Å². The molecule has 0 bridgehead atoms. The highest BCUT2D eigenvalue weighted by Gasteiger charge is 2.48. The standard InChI is InChI=1S/C26H22N2O5S2/c1-3-12-33-16-8-6-15(7-9-16)23(29)21-22(19-5-4-13-34-19)28(25(31)24(21)30)26-27-18-11-10-17(32-2)14-20(18)35-26/h4-11,13-14,22,29H,3,12H2,1-2H3. The molecule has 5 rings (SSSR count). The molecule has 178 valence electrons. The number of hydrogen-bond acceptors (Lipinski definition) is 8. The van der Waals surface area contributed by atoms with Gasteiger partial charge in [0.2, 0.25) is 0 Å². The number of nitrogens with zero attached hydrogens (tertiary/aromatic N) is 2. The number of carbonyl (C=O) groups excluding carboxylic acids is 2. The molecular formula is C26H22N2O5S2. The molecule has 1 fully saturated rings. The zero-order chi connectivity index (χ0) is 24.5. The lowest BCUT2D eigenvalue weighted by Crippen LogP contribution is -2.28. The topological polar surface area (TPSA) is 89.0 Å². The van der Waals surface area contributed by atoms with Crippen LogP contribution in [0.4, 0.5) is 5.13 Å². The Labute approximate surface area is 209 Å². The van der Waals surface area contributed by atoms with Crippen LogP contribution in [0.15, 0.2) is 65.6 Å². The highest BCUT2D eigenvalue weighted by Crippen LogP contribution is 2.45. The Morgan fingerprint density at radius 1 is 1.11 bits per heavy atom. The Hall–Kier alpha value is -3.69. The largest absolute Gasteiger partial charge is 0.507 e. The van der Waals surface area contributed by atoms with Gasteiger partial charge in [0.1, 0.15) is 23.3 Å². The van der Waals surface area contributed by atoms with Gasteiger partial charge in [-0.15, -0.1) is 11.3 Å². The second kappa shape index (κ2) is 9.52. The third-order valence-electron chi connectivity index (χ3n) is 5.65. The molecule has 1 aliphatic rings. The summed E-state index contributed by atoms with van der Waals surface area (Å²) in [7, 11) is 1.58. The maximum Gasteiger partial charge on any atom is 0.301 e. The van der Waals surface area contributed by atoms with Crippen LogP contribution in [0.2, 0.25) is 0 Å². The van der Waals surface area contributed by atoms with Gasteiger partial charge in [-0.25, -0.2) is 4.98 Å². The Bertz CT molecular complexity index is 1420. The van der Waals surface area contributed by atoms with Gasteiger partial charge < -0.3 is 14.6 Å². The van der Waals surface area contributed by atoms with Crippen LogP contribution in [0, 0.1) is 0 Å². The van der Waals surface area contributed by atoms with E-state index in [-0.39, 0.29) is 11.3 Å². The molecule has 9 heteroatoms. The minimum atomic E-state index is -0.784. The number of benzene rings is 2. The van der Waals surface area contributed by atoms with Gasteiger partial charge in [0, 0.05) is 10.4 Å². The van der Waals surface area contributed by atoms with Crippen molar-refractivity contribution in [3.8, 4) is 11.5 Å². The smallest absolute Gasteiger partial charge is 0.301 e. The highest BCUT2D eigenvalue weighted by molar-refractivity contribution is 7.22. The van der Waals surface area contributed by atoms with Crippen LogP contribution >= 0.6 is 22.7 Å². The monoisotopic (exact) mass is 506 g/mol. The number of ketones is 1. The summed E-state index contributed by atoms with van der Waals surface area (Å²) >= 11 is 2.70. The maximum absolute atomic E-state index is 13.3. The average Bonchev–Trinajstić information content (AvgIpc) is 3.61. The summed E-state index contributed by atoms with van der Waals surface area (Å²) in [5.41, 5.74) is 1.17. The lowest BCUT2D eigenvalue weighted by atomic mass is 10.00. The number of rotatable bonds is 7. The molecule has 0 spiro atoms. The summed E-state index contributed by atoms with van der Waals surface area (Å²) in [6, 6.07) is 15.2. The molecule has 1 atom stereocenters. The molecule has 0 aliphatic carbocycles. The molecule has 0 saturated carbocycles. The first-order valence-electron chi connectivity index (χ1n) is 11.0. The second-order valence-corrected chi connectivity index (χ2v) is 9.88. The Morgan fingerprint density at radius 2 is 1.89 bits per heavy atom. The molecule has 1 N–H and O–H groups in total.